The largest absolute Gasteiger partial charge is 0.756 e. The maximum absolute atomic E-state index is 12.6. The summed E-state index contributed by atoms with van der Waals surface area (Å²) >= 11 is 0. The second kappa shape index (κ2) is 25.7. The number of aliphatic hydroxyl groups excluding tert-OH is 1. The molecule has 2 N–H and O–H groups in total. The molecule has 0 saturated carbocycles. The molecule has 0 aliphatic heterocycles. The summed E-state index contributed by atoms with van der Waals surface area (Å²) in [6.45, 7) is 4.61. The summed E-state index contributed by atoms with van der Waals surface area (Å²) < 4.78 is 23.0. The monoisotopic (exact) mass is 604 g/mol. The normalized spacial score (nSPS) is 15.2. The lowest BCUT2D eigenvalue weighted by Crippen LogP contribution is -2.46. The summed E-state index contributed by atoms with van der Waals surface area (Å²) in [4.78, 5) is 24.9. The molecule has 3 atom stereocenters. The number of hydrogen-bond acceptors (Lipinski definition) is 6. The minimum Gasteiger partial charge on any atom is -0.756 e. The van der Waals surface area contributed by atoms with E-state index in [1.807, 2.05) is 21.1 Å². The number of aliphatic hydroxyl groups is 1. The highest BCUT2D eigenvalue weighted by Crippen LogP contribution is 2.38. The Bertz CT molecular complexity index is 698. The molecule has 0 bridgehead atoms. The molecular formula is C32H65N2O6P. The number of quaternary nitrogens is 1. The number of rotatable bonds is 29. The molecule has 1 amide bonds. The van der Waals surface area contributed by atoms with Gasteiger partial charge in [-0.3, -0.25) is 9.36 Å². The second-order valence-electron chi connectivity index (χ2n) is 12.5. The van der Waals surface area contributed by atoms with E-state index < -0.39 is 20.0 Å². The molecule has 0 aromatic rings. The third kappa shape index (κ3) is 27.8. The quantitative estimate of drug-likeness (QED) is 0.0410. The van der Waals surface area contributed by atoms with Crippen molar-refractivity contribution in [3.05, 3.63) is 12.2 Å². The third-order valence-electron chi connectivity index (χ3n) is 7.25. The Kier molecular flexibility index (Phi) is 25.2. The number of unbranched alkanes of at least 4 members (excludes halogenated alkanes) is 14. The summed E-state index contributed by atoms with van der Waals surface area (Å²) in [5, 5.41) is 13.7. The molecule has 0 fully saturated rings. The van der Waals surface area contributed by atoms with Crippen LogP contribution in [0.4, 0.5) is 0 Å². The maximum Gasteiger partial charge on any atom is 0.268 e. The molecule has 8 nitrogen and oxygen atoms in total. The van der Waals surface area contributed by atoms with E-state index in [2.05, 4.69) is 31.3 Å². The molecule has 0 aromatic heterocycles. The first-order valence-corrected chi connectivity index (χ1v) is 18.0. The molecule has 0 rings (SSSR count). The molecule has 0 saturated heterocycles. The minimum absolute atomic E-state index is 0.00851. The Morgan fingerprint density at radius 2 is 1.34 bits per heavy atom. The fourth-order valence-electron chi connectivity index (χ4n) is 4.50. The summed E-state index contributed by atoms with van der Waals surface area (Å²) in [7, 11) is 1.28. The number of nitrogens with one attached hydrogen (secondary N) is 1. The molecule has 244 valence electrons. The molecular weight excluding hydrogens is 539 g/mol. The molecule has 0 heterocycles. The number of hydrogen-bond donors (Lipinski definition) is 2. The molecule has 0 radical (unpaired) electrons. The first-order valence-electron chi connectivity index (χ1n) is 16.5. The first kappa shape index (κ1) is 40.2. The van der Waals surface area contributed by atoms with Gasteiger partial charge in [-0.15, -0.1) is 0 Å². The Balaban J connectivity index is 4.61. The van der Waals surface area contributed by atoms with E-state index in [0.29, 0.717) is 23.9 Å². The number of nitrogens with zero attached hydrogens (tertiary/aromatic N) is 1. The molecule has 9 heteroatoms. The zero-order chi connectivity index (χ0) is 30.8. The Morgan fingerprint density at radius 3 is 1.90 bits per heavy atom. The van der Waals surface area contributed by atoms with Gasteiger partial charge in [0, 0.05) is 6.42 Å². The number of allylic oxidation sites excluding steroid dienone is 2. The van der Waals surface area contributed by atoms with Gasteiger partial charge in [-0.2, -0.15) is 0 Å². The minimum atomic E-state index is -4.55. The second-order valence-corrected chi connectivity index (χ2v) is 13.9. The van der Waals surface area contributed by atoms with Crippen LogP contribution in [0.2, 0.25) is 0 Å². The van der Waals surface area contributed by atoms with Crippen LogP contribution in [0.25, 0.3) is 0 Å². The number of likely N-dealkylation sites (N-methyl/N-ethyl adjacent to an activating group) is 1. The van der Waals surface area contributed by atoms with Crippen LogP contribution in [-0.2, 0) is 18.4 Å². The van der Waals surface area contributed by atoms with Crippen LogP contribution in [0.3, 0.4) is 0 Å². The van der Waals surface area contributed by atoms with Crippen LogP contribution >= 0.6 is 7.82 Å². The van der Waals surface area contributed by atoms with E-state index in [4.69, 9.17) is 9.05 Å². The average Bonchev–Trinajstić information content (AvgIpc) is 2.90. The van der Waals surface area contributed by atoms with E-state index in [-0.39, 0.29) is 19.1 Å². The van der Waals surface area contributed by atoms with E-state index in [1.165, 1.54) is 64.2 Å². The zero-order valence-electron chi connectivity index (χ0n) is 27.2. The summed E-state index contributed by atoms with van der Waals surface area (Å²) in [5.74, 6) is -0.182. The van der Waals surface area contributed by atoms with Crippen LogP contribution in [0.15, 0.2) is 12.2 Å². The van der Waals surface area contributed by atoms with Crippen molar-refractivity contribution in [3.63, 3.8) is 0 Å². The topological polar surface area (TPSA) is 108 Å². The molecule has 0 spiro atoms. The van der Waals surface area contributed by atoms with Crippen LogP contribution in [0.1, 0.15) is 136 Å². The summed E-state index contributed by atoms with van der Waals surface area (Å²) in [6.07, 6.45) is 23.6. The van der Waals surface area contributed by atoms with Crippen molar-refractivity contribution in [1.82, 2.24) is 5.32 Å². The van der Waals surface area contributed by atoms with Gasteiger partial charge in [0.1, 0.15) is 13.2 Å². The highest BCUT2D eigenvalue weighted by atomic mass is 31.2. The maximum atomic E-state index is 12.6. The van der Waals surface area contributed by atoms with Crippen LogP contribution in [0, 0.1) is 0 Å². The van der Waals surface area contributed by atoms with Crippen molar-refractivity contribution >= 4 is 13.7 Å². The average molecular weight is 605 g/mol. The van der Waals surface area contributed by atoms with E-state index in [9.17, 15) is 19.4 Å². The van der Waals surface area contributed by atoms with Crippen molar-refractivity contribution < 1.29 is 32.9 Å². The SMILES string of the molecule is CCCCCC/C=C/CCCC[C@@H](O)[C@H](COP(=O)([O-])OCC[N+](C)(C)C)NC(=O)CCCCCCCCCCC. The molecule has 41 heavy (non-hydrogen) atoms. The van der Waals surface area contributed by atoms with Gasteiger partial charge in [-0.05, 0) is 38.5 Å². The number of phosphoric acid groups is 1. The summed E-state index contributed by atoms with van der Waals surface area (Å²) in [6, 6.07) is -0.806. The van der Waals surface area contributed by atoms with Gasteiger partial charge in [0.25, 0.3) is 7.82 Å². The van der Waals surface area contributed by atoms with Gasteiger partial charge < -0.3 is 28.8 Å². The van der Waals surface area contributed by atoms with Crippen molar-refractivity contribution in [2.45, 2.75) is 148 Å². The van der Waals surface area contributed by atoms with Crippen LogP contribution < -0.4 is 10.2 Å². The number of carbonyl (C=O) groups excluding carboxylic acids is 1. The van der Waals surface area contributed by atoms with Gasteiger partial charge in [0.15, 0.2) is 0 Å². The first-order chi connectivity index (χ1) is 19.5. The lowest BCUT2D eigenvalue weighted by Gasteiger charge is -2.30. The third-order valence-corrected chi connectivity index (χ3v) is 8.22. The number of phosphoric ester groups is 1. The van der Waals surface area contributed by atoms with Gasteiger partial charge in [-0.25, -0.2) is 0 Å². The Labute approximate surface area is 252 Å². The van der Waals surface area contributed by atoms with Gasteiger partial charge in [0.2, 0.25) is 5.91 Å². The number of amides is 1. The van der Waals surface area contributed by atoms with E-state index >= 15 is 0 Å². The van der Waals surface area contributed by atoms with Crippen LogP contribution in [0.5, 0.6) is 0 Å². The van der Waals surface area contributed by atoms with E-state index in [0.717, 1.165) is 44.9 Å². The Hall–Kier alpha value is -0.760. The van der Waals surface area contributed by atoms with Crippen molar-refractivity contribution in [2.24, 2.45) is 0 Å². The van der Waals surface area contributed by atoms with E-state index in [1.54, 1.807) is 0 Å². The van der Waals surface area contributed by atoms with Gasteiger partial charge >= 0.3 is 0 Å². The zero-order valence-corrected chi connectivity index (χ0v) is 28.1. The van der Waals surface area contributed by atoms with Crippen molar-refractivity contribution in [1.29, 1.82) is 0 Å². The summed E-state index contributed by atoms with van der Waals surface area (Å²) in [5.41, 5.74) is 0. The highest BCUT2D eigenvalue weighted by molar-refractivity contribution is 7.45. The fourth-order valence-corrected chi connectivity index (χ4v) is 5.22. The molecule has 0 aromatic carbocycles. The standard InChI is InChI=1S/C32H65N2O6P/c1-6-8-10-12-14-16-18-19-21-23-25-31(35)30(29-40-41(37,38)39-28-27-34(3,4)5)33-32(36)26-24-22-20-17-15-13-11-9-7-2/h16,18,30-31,35H,6-15,17,19-29H2,1-5H3,(H-,33,36,37,38)/b18-16+/t30-,31+/m0/s1. The van der Waals surface area contributed by atoms with Crippen molar-refractivity contribution in [2.75, 3.05) is 40.9 Å². The molecule has 0 aliphatic carbocycles. The van der Waals surface area contributed by atoms with Crippen molar-refractivity contribution in [3.8, 4) is 0 Å². The fraction of sp³-hybridized carbons (Fsp3) is 0.906. The van der Waals surface area contributed by atoms with Crippen LogP contribution in [-0.4, -0.2) is 68.5 Å². The smallest absolute Gasteiger partial charge is 0.268 e. The molecule has 0 aliphatic rings. The lowest BCUT2D eigenvalue weighted by atomic mass is 10.0. The predicted molar refractivity (Wildman–Crippen MR) is 169 cm³/mol. The number of carbonyl (C=O) groups is 1. The molecule has 1 unspecified atom stereocenters. The van der Waals surface area contributed by atoms with Gasteiger partial charge in [0.05, 0.1) is 39.9 Å². The highest BCUT2D eigenvalue weighted by Gasteiger charge is 2.24. The Morgan fingerprint density at radius 1 is 0.829 bits per heavy atom. The van der Waals surface area contributed by atoms with Gasteiger partial charge in [-0.1, -0.05) is 103 Å². The predicted octanol–water partition coefficient (Wildman–Crippen LogP) is 7.05. The lowest BCUT2D eigenvalue weighted by molar-refractivity contribution is -0.870.